The van der Waals surface area contributed by atoms with Gasteiger partial charge in [-0.3, -0.25) is 14.4 Å². The maximum absolute atomic E-state index is 13.2. The molecule has 0 bridgehead atoms. The van der Waals surface area contributed by atoms with Crippen molar-refractivity contribution in [1.82, 2.24) is 10.2 Å². The highest BCUT2D eigenvalue weighted by molar-refractivity contribution is 8.00. The van der Waals surface area contributed by atoms with Crippen molar-refractivity contribution in [3.63, 3.8) is 0 Å². The highest BCUT2D eigenvalue weighted by Crippen LogP contribution is 2.37. The molecule has 39 heavy (non-hydrogen) atoms. The molecule has 200 valence electrons. The van der Waals surface area contributed by atoms with Crippen molar-refractivity contribution in [2.45, 2.75) is 11.4 Å². The Morgan fingerprint density at radius 3 is 2.15 bits per heavy atom. The highest BCUT2D eigenvalue weighted by atomic mass is 35.5. The first kappa shape index (κ1) is 28.3. The second-order valence-corrected chi connectivity index (χ2v) is 10.9. The summed E-state index contributed by atoms with van der Waals surface area (Å²) in [6.45, 7) is -0.0154. The smallest absolute Gasteiger partial charge is 0.324 e. The Hall–Kier alpha value is -3.72. The Morgan fingerprint density at radius 2 is 1.51 bits per heavy atom. The SMILES string of the molecule is CN(C)C(=O)c1ccc(CNC(=O)c2cccc3c(N(CC(=O)O)Sc4cc(Cl)cc(Cl)c4)cccc23)cc1. The lowest BCUT2D eigenvalue weighted by Gasteiger charge is -2.23. The molecule has 0 heterocycles. The summed E-state index contributed by atoms with van der Waals surface area (Å²) in [5.41, 5.74) is 2.51. The number of carboxylic acid groups (broad SMARTS) is 1. The third kappa shape index (κ3) is 7.03. The number of hydrogen-bond acceptors (Lipinski definition) is 5. The Labute approximate surface area is 240 Å². The maximum atomic E-state index is 13.2. The second-order valence-electron chi connectivity index (χ2n) is 8.88. The Balaban J connectivity index is 1.59. The molecule has 2 amide bonds. The van der Waals surface area contributed by atoms with Crippen LogP contribution in [0.1, 0.15) is 26.3 Å². The number of amides is 2. The third-order valence-corrected chi connectivity index (χ3v) is 7.23. The average molecular weight is 583 g/mol. The number of aliphatic carboxylic acids is 1. The number of rotatable bonds is 9. The van der Waals surface area contributed by atoms with Crippen LogP contribution < -0.4 is 9.62 Å². The molecule has 0 aliphatic rings. The fourth-order valence-electron chi connectivity index (χ4n) is 4.01. The van der Waals surface area contributed by atoms with Crippen molar-refractivity contribution in [3.8, 4) is 0 Å². The normalized spacial score (nSPS) is 10.8. The van der Waals surface area contributed by atoms with Gasteiger partial charge in [-0.15, -0.1) is 0 Å². The number of nitrogens with zero attached hydrogens (tertiary/aromatic N) is 2. The van der Waals surface area contributed by atoms with Crippen molar-refractivity contribution in [3.05, 3.63) is 106 Å². The molecule has 0 radical (unpaired) electrons. The standard InChI is InChI=1S/C29H25Cl2N3O4S/c1-33(2)29(38)19-11-9-18(10-12-19)16-32-28(37)25-7-3-6-24-23(25)5-4-8-26(24)34(17-27(35)36)39-22-14-20(30)13-21(31)15-22/h3-15H,16-17H2,1-2H3,(H,32,37)(H,35,36). The predicted octanol–water partition coefficient (Wildman–Crippen LogP) is 6.38. The van der Waals surface area contributed by atoms with E-state index in [2.05, 4.69) is 5.32 Å². The summed E-state index contributed by atoms with van der Waals surface area (Å²) < 4.78 is 1.63. The summed E-state index contributed by atoms with van der Waals surface area (Å²) in [6, 6.07) is 22.9. The Kier molecular flexibility index (Phi) is 9.01. The second kappa shape index (κ2) is 12.4. The first-order chi connectivity index (χ1) is 18.6. The van der Waals surface area contributed by atoms with E-state index in [1.165, 1.54) is 16.8 Å². The van der Waals surface area contributed by atoms with Crippen LogP contribution >= 0.6 is 35.1 Å². The first-order valence-corrected chi connectivity index (χ1v) is 13.4. The summed E-state index contributed by atoms with van der Waals surface area (Å²) in [6.07, 6.45) is 0. The first-order valence-electron chi connectivity index (χ1n) is 11.9. The van der Waals surface area contributed by atoms with Crippen LogP contribution in [0.5, 0.6) is 0 Å². The van der Waals surface area contributed by atoms with E-state index in [1.54, 1.807) is 79.1 Å². The summed E-state index contributed by atoms with van der Waals surface area (Å²) in [4.78, 5) is 39.2. The molecule has 0 aliphatic heterocycles. The van der Waals surface area contributed by atoms with Crippen molar-refractivity contribution in [1.29, 1.82) is 0 Å². The molecular weight excluding hydrogens is 557 g/mol. The van der Waals surface area contributed by atoms with Crippen molar-refractivity contribution in [2.24, 2.45) is 0 Å². The lowest BCUT2D eigenvalue weighted by atomic mass is 10.0. The number of halogens is 2. The number of benzene rings is 4. The molecule has 0 aromatic heterocycles. The lowest BCUT2D eigenvalue weighted by Crippen LogP contribution is -2.24. The van der Waals surface area contributed by atoms with Gasteiger partial charge in [-0.2, -0.15) is 0 Å². The summed E-state index contributed by atoms with van der Waals surface area (Å²) in [7, 11) is 3.39. The number of fused-ring (bicyclic) bond motifs is 1. The maximum Gasteiger partial charge on any atom is 0.324 e. The molecule has 4 aromatic rings. The molecule has 0 saturated carbocycles. The van der Waals surface area contributed by atoms with Crippen LogP contribution in [0.4, 0.5) is 5.69 Å². The quantitative estimate of drug-likeness (QED) is 0.223. The van der Waals surface area contributed by atoms with Crippen LogP contribution in [0.2, 0.25) is 10.0 Å². The van der Waals surface area contributed by atoms with Gasteiger partial charge in [0, 0.05) is 52.1 Å². The van der Waals surface area contributed by atoms with E-state index in [9.17, 15) is 19.5 Å². The van der Waals surface area contributed by atoms with Crippen LogP contribution in [0, 0.1) is 0 Å². The molecule has 2 N–H and O–H groups in total. The molecule has 0 aliphatic carbocycles. The van der Waals surface area contributed by atoms with Crippen molar-refractivity contribution < 1.29 is 19.5 Å². The van der Waals surface area contributed by atoms with E-state index in [0.29, 0.717) is 37.1 Å². The van der Waals surface area contributed by atoms with Gasteiger partial charge >= 0.3 is 5.97 Å². The number of carbonyl (C=O) groups is 3. The van der Waals surface area contributed by atoms with Gasteiger partial charge in [0.05, 0.1) is 5.69 Å². The van der Waals surface area contributed by atoms with Crippen molar-refractivity contribution in [2.75, 3.05) is 24.9 Å². The topological polar surface area (TPSA) is 90.0 Å². The van der Waals surface area contributed by atoms with Gasteiger partial charge in [0.2, 0.25) is 0 Å². The van der Waals surface area contributed by atoms with Gasteiger partial charge in [0.25, 0.3) is 11.8 Å². The number of nitrogens with one attached hydrogen (secondary N) is 1. The monoisotopic (exact) mass is 581 g/mol. The minimum absolute atomic E-state index is 0.0919. The minimum Gasteiger partial charge on any atom is -0.480 e. The van der Waals surface area contributed by atoms with E-state index in [0.717, 1.165) is 10.9 Å². The highest BCUT2D eigenvalue weighted by Gasteiger charge is 2.19. The molecule has 10 heteroatoms. The van der Waals surface area contributed by atoms with Gasteiger partial charge in [-0.05, 0) is 65.4 Å². The molecular formula is C29H25Cl2N3O4S. The molecule has 0 spiro atoms. The van der Waals surface area contributed by atoms with Crippen LogP contribution in [-0.2, 0) is 11.3 Å². The Bertz CT molecular complexity index is 1520. The van der Waals surface area contributed by atoms with Crippen LogP contribution in [0.25, 0.3) is 10.8 Å². The summed E-state index contributed by atoms with van der Waals surface area (Å²) in [5.74, 6) is -1.38. The molecule has 0 saturated heterocycles. The molecule has 4 rings (SSSR count). The number of carboxylic acids is 1. The fourth-order valence-corrected chi connectivity index (χ4v) is 5.71. The third-order valence-electron chi connectivity index (χ3n) is 5.80. The van der Waals surface area contributed by atoms with E-state index >= 15 is 0 Å². The zero-order chi connectivity index (χ0) is 28.1. The van der Waals surface area contributed by atoms with Gasteiger partial charge < -0.3 is 19.6 Å². The van der Waals surface area contributed by atoms with Gasteiger partial charge in [-0.25, -0.2) is 0 Å². The van der Waals surface area contributed by atoms with Gasteiger partial charge in [0.15, 0.2) is 0 Å². The van der Waals surface area contributed by atoms with E-state index in [4.69, 9.17) is 23.2 Å². The van der Waals surface area contributed by atoms with E-state index in [1.807, 2.05) is 18.2 Å². The number of hydrogen-bond donors (Lipinski definition) is 2. The lowest BCUT2D eigenvalue weighted by molar-refractivity contribution is -0.135. The largest absolute Gasteiger partial charge is 0.480 e. The predicted molar refractivity (Wildman–Crippen MR) is 157 cm³/mol. The van der Waals surface area contributed by atoms with Crippen LogP contribution in [0.3, 0.4) is 0 Å². The minimum atomic E-state index is -1.01. The molecule has 0 fully saturated rings. The van der Waals surface area contributed by atoms with Crippen molar-refractivity contribution >= 4 is 69.4 Å². The van der Waals surface area contributed by atoms with Gasteiger partial charge in [0.1, 0.15) is 6.54 Å². The molecule has 0 atom stereocenters. The van der Waals surface area contributed by atoms with Crippen LogP contribution in [0.15, 0.2) is 83.8 Å². The zero-order valence-corrected chi connectivity index (χ0v) is 23.5. The molecule has 7 nitrogen and oxygen atoms in total. The average Bonchev–Trinajstić information content (AvgIpc) is 2.89. The number of carbonyl (C=O) groups excluding carboxylic acids is 2. The summed E-state index contributed by atoms with van der Waals surface area (Å²) in [5, 5.41) is 14.8. The zero-order valence-electron chi connectivity index (χ0n) is 21.2. The Morgan fingerprint density at radius 1 is 0.872 bits per heavy atom. The molecule has 0 unspecified atom stereocenters. The number of anilines is 1. The fraction of sp³-hybridized carbons (Fsp3) is 0.138. The van der Waals surface area contributed by atoms with E-state index < -0.39 is 5.97 Å². The van der Waals surface area contributed by atoms with Gasteiger partial charge in [-0.1, -0.05) is 59.6 Å². The summed E-state index contributed by atoms with van der Waals surface area (Å²) >= 11 is 13.5. The molecule has 4 aromatic carbocycles. The van der Waals surface area contributed by atoms with Crippen LogP contribution in [-0.4, -0.2) is 48.4 Å². The van der Waals surface area contributed by atoms with E-state index in [-0.39, 0.29) is 24.9 Å².